The van der Waals surface area contributed by atoms with E-state index in [1.165, 1.54) is 46.1 Å². The first-order chi connectivity index (χ1) is 22.9. The molecule has 0 radical (unpaired) electrons. The Morgan fingerprint density at radius 3 is 2.21 bits per heavy atom. The summed E-state index contributed by atoms with van der Waals surface area (Å²) < 4.78 is 15.3. The number of thioether (sulfide) groups is 1. The van der Waals surface area contributed by atoms with Crippen molar-refractivity contribution < 1.29 is 18.8 Å². The minimum atomic E-state index is -0.473. The second kappa shape index (κ2) is 11.4. The predicted molar refractivity (Wildman–Crippen MR) is 186 cm³/mol. The number of hydrogen-bond donors (Lipinski definition) is 1. The standard InChI is InChI=1S/C37H33ClFN3O4S2/c1-37(2,3)19-6-4-18(5-7-19)27-28-24-16-25(30-29(24)33(44)42(34(30)45)23-14-10-21(39)11-15-23)31(28)47-35-32(27)48-36(46)41(35)17-26(43)40-22-12-8-20(38)9-13-22/h4-15,24-25,27-31H,16-17H2,1-3H3,(H,40,43). The lowest BCUT2D eigenvalue weighted by Gasteiger charge is -2.43. The topological polar surface area (TPSA) is 88.5 Å². The van der Waals surface area contributed by atoms with Crippen LogP contribution in [0.15, 0.2) is 82.6 Å². The molecule has 8 rings (SSSR count). The zero-order valence-electron chi connectivity index (χ0n) is 26.5. The largest absolute Gasteiger partial charge is 0.325 e. The number of thiazole rings is 1. The van der Waals surface area contributed by atoms with Gasteiger partial charge in [0, 0.05) is 26.8 Å². The third-order valence-electron chi connectivity index (χ3n) is 10.6. The summed E-state index contributed by atoms with van der Waals surface area (Å²) in [5, 5.41) is 4.16. The van der Waals surface area contributed by atoms with Gasteiger partial charge in [-0.25, -0.2) is 4.39 Å². The zero-order chi connectivity index (χ0) is 33.6. The second-order valence-electron chi connectivity index (χ2n) is 14.3. The zero-order valence-corrected chi connectivity index (χ0v) is 28.9. The average molecular weight is 702 g/mol. The number of amides is 3. The molecule has 2 aliphatic carbocycles. The molecule has 2 aliphatic heterocycles. The van der Waals surface area contributed by atoms with E-state index in [0.29, 0.717) is 16.4 Å². The van der Waals surface area contributed by atoms with Crippen molar-refractivity contribution in [2.45, 2.75) is 55.3 Å². The molecule has 4 aliphatic rings. The minimum absolute atomic E-state index is 0.0218. The molecule has 1 N–H and O–H groups in total. The highest BCUT2D eigenvalue weighted by Crippen LogP contribution is 2.69. The maximum atomic E-state index is 14.0. The summed E-state index contributed by atoms with van der Waals surface area (Å²) in [6.45, 7) is 6.35. The van der Waals surface area contributed by atoms with Crippen LogP contribution < -0.4 is 15.1 Å². The molecule has 1 saturated heterocycles. The predicted octanol–water partition coefficient (Wildman–Crippen LogP) is 7.32. The number of carbonyl (C=O) groups excluding carboxylic acids is 3. The quantitative estimate of drug-likeness (QED) is 0.221. The van der Waals surface area contributed by atoms with Crippen molar-refractivity contribution in [3.8, 4) is 0 Å². The number of nitrogens with one attached hydrogen (secondary N) is 1. The van der Waals surface area contributed by atoms with Crippen molar-refractivity contribution in [3.05, 3.63) is 109 Å². The number of fused-ring (bicyclic) bond motifs is 9. The number of hydrogen-bond acceptors (Lipinski definition) is 6. The van der Waals surface area contributed by atoms with Crippen molar-refractivity contribution in [2.24, 2.45) is 29.6 Å². The molecule has 246 valence electrons. The van der Waals surface area contributed by atoms with Crippen LogP contribution in [0, 0.1) is 35.4 Å². The van der Waals surface area contributed by atoms with E-state index >= 15 is 0 Å². The molecule has 2 bridgehead atoms. The van der Waals surface area contributed by atoms with Crippen molar-refractivity contribution >= 4 is 63.8 Å². The molecule has 3 aromatic carbocycles. The highest BCUT2D eigenvalue weighted by molar-refractivity contribution is 8.00. The Labute approximate surface area is 290 Å². The van der Waals surface area contributed by atoms with Crippen LogP contribution in [-0.4, -0.2) is 27.5 Å². The maximum absolute atomic E-state index is 14.0. The fraction of sp³-hybridized carbons (Fsp3) is 0.351. The summed E-state index contributed by atoms with van der Waals surface area (Å²) in [5.74, 6) is -2.42. The molecule has 7 atom stereocenters. The van der Waals surface area contributed by atoms with Gasteiger partial charge in [0.1, 0.15) is 12.4 Å². The van der Waals surface area contributed by atoms with Crippen molar-refractivity contribution in [2.75, 3.05) is 10.2 Å². The van der Waals surface area contributed by atoms with E-state index in [4.69, 9.17) is 11.6 Å². The number of rotatable bonds is 5. The average Bonchev–Trinajstić information content (AvgIpc) is 3.77. The van der Waals surface area contributed by atoms with E-state index in [2.05, 4.69) is 50.4 Å². The van der Waals surface area contributed by atoms with Gasteiger partial charge >= 0.3 is 4.87 Å². The molecule has 0 spiro atoms. The van der Waals surface area contributed by atoms with Gasteiger partial charge in [0.05, 0.1) is 22.5 Å². The van der Waals surface area contributed by atoms with Crippen LogP contribution in [0.4, 0.5) is 15.8 Å². The number of nitrogens with zero attached hydrogens (tertiary/aromatic N) is 2. The van der Waals surface area contributed by atoms with Gasteiger partial charge in [-0.3, -0.25) is 28.6 Å². The smallest absolute Gasteiger partial charge is 0.308 e. The third-order valence-corrected chi connectivity index (χ3v) is 13.6. The normalized spacial score (nSPS) is 27.2. The van der Waals surface area contributed by atoms with Crippen LogP contribution in [0.2, 0.25) is 5.02 Å². The van der Waals surface area contributed by atoms with E-state index in [1.54, 1.807) is 40.6 Å². The summed E-state index contributed by atoms with van der Waals surface area (Å²) in [6, 6.07) is 20.9. The van der Waals surface area contributed by atoms with Crippen LogP contribution >= 0.6 is 34.7 Å². The van der Waals surface area contributed by atoms with E-state index in [0.717, 1.165) is 21.9 Å². The molecule has 1 aromatic heterocycles. The lowest BCUT2D eigenvalue weighted by Crippen LogP contribution is -2.43. The molecule has 48 heavy (non-hydrogen) atoms. The molecule has 7 nitrogen and oxygen atoms in total. The molecule has 3 heterocycles. The van der Waals surface area contributed by atoms with E-state index < -0.39 is 17.7 Å². The first kappa shape index (κ1) is 31.5. The summed E-state index contributed by atoms with van der Waals surface area (Å²) in [7, 11) is 0. The van der Waals surface area contributed by atoms with Gasteiger partial charge in [-0.1, -0.05) is 68.0 Å². The summed E-state index contributed by atoms with van der Waals surface area (Å²) in [4.78, 5) is 56.9. The van der Waals surface area contributed by atoms with Crippen molar-refractivity contribution in [1.29, 1.82) is 0 Å². The lowest BCUT2D eigenvalue weighted by molar-refractivity contribution is -0.123. The van der Waals surface area contributed by atoms with Gasteiger partial charge < -0.3 is 5.32 Å². The summed E-state index contributed by atoms with van der Waals surface area (Å²) >= 11 is 8.77. The molecule has 11 heteroatoms. The molecular weight excluding hydrogens is 669 g/mol. The van der Waals surface area contributed by atoms with Crippen LogP contribution in [-0.2, 0) is 26.3 Å². The lowest BCUT2D eigenvalue weighted by atomic mass is 9.68. The first-order valence-electron chi connectivity index (χ1n) is 16.1. The molecule has 4 aromatic rings. The fourth-order valence-corrected chi connectivity index (χ4v) is 11.8. The van der Waals surface area contributed by atoms with Crippen LogP contribution in [0.1, 0.15) is 49.1 Å². The van der Waals surface area contributed by atoms with E-state index in [9.17, 15) is 23.6 Å². The molecular formula is C37H33ClFN3O4S2. The number of anilines is 2. The van der Waals surface area contributed by atoms with Crippen molar-refractivity contribution in [1.82, 2.24) is 4.57 Å². The van der Waals surface area contributed by atoms with Crippen LogP contribution in [0.5, 0.6) is 0 Å². The molecule has 3 fully saturated rings. The first-order valence-corrected chi connectivity index (χ1v) is 18.2. The Balaban J connectivity index is 1.18. The van der Waals surface area contributed by atoms with Gasteiger partial charge in [0.15, 0.2) is 0 Å². The number of halogens is 2. The number of aromatic nitrogens is 1. The molecule has 7 unspecified atom stereocenters. The Kier molecular flexibility index (Phi) is 7.50. The summed E-state index contributed by atoms with van der Waals surface area (Å²) in [6.07, 6.45) is 0.749. The van der Waals surface area contributed by atoms with Crippen LogP contribution in [0.3, 0.4) is 0 Å². The monoisotopic (exact) mass is 701 g/mol. The summed E-state index contributed by atoms with van der Waals surface area (Å²) in [5.41, 5.74) is 3.19. The van der Waals surface area contributed by atoms with Crippen molar-refractivity contribution in [3.63, 3.8) is 0 Å². The van der Waals surface area contributed by atoms with Crippen LogP contribution in [0.25, 0.3) is 0 Å². The Bertz CT molecular complexity index is 2020. The van der Waals surface area contributed by atoms with Gasteiger partial charge in [-0.05, 0) is 89.2 Å². The van der Waals surface area contributed by atoms with Gasteiger partial charge in [0.25, 0.3) is 0 Å². The Hall–Kier alpha value is -3.73. The third kappa shape index (κ3) is 4.98. The number of benzene rings is 3. The SMILES string of the molecule is CC(C)(C)c1ccc(C2c3sc(=O)n(CC(=O)Nc4ccc(Cl)cc4)c3SC3C4CC(C5C(=O)N(c6ccc(F)cc6)C(=O)C45)C23)cc1. The maximum Gasteiger partial charge on any atom is 0.308 e. The van der Waals surface area contributed by atoms with E-state index in [-0.39, 0.29) is 63.5 Å². The van der Waals surface area contributed by atoms with Gasteiger partial charge in [-0.2, -0.15) is 0 Å². The van der Waals surface area contributed by atoms with E-state index in [1.807, 2.05) is 0 Å². The number of carbonyl (C=O) groups is 3. The highest BCUT2D eigenvalue weighted by atomic mass is 35.5. The Morgan fingerprint density at radius 1 is 0.917 bits per heavy atom. The van der Waals surface area contributed by atoms with Gasteiger partial charge in [-0.15, -0.1) is 11.8 Å². The Morgan fingerprint density at radius 2 is 1.56 bits per heavy atom. The second-order valence-corrected chi connectivity index (χ2v) is 16.9. The molecule has 3 amide bonds. The minimum Gasteiger partial charge on any atom is -0.325 e. The highest BCUT2D eigenvalue weighted by Gasteiger charge is 2.69. The van der Waals surface area contributed by atoms with Gasteiger partial charge in [0.2, 0.25) is 17.7 Å². The fourth-order valence-electron chi connectivity index (χ4n) is 8.54. The number of imide groups is 1. The molecule has 2 saturated carbocycles.